The van der Waals surface area contributed by atoms with Gasteiger partial charge in [0.2, 0.25) is 15.9 Å². The molecular formula is C14H20N4O4S. The summed E-state index contributed by atoms with van der Waals surface area (Å²) in [6, 6.07) is 1.23. The Hall–Kier alpha value is -2.00. The molecule has 2 heterocycles. The van der Waals surface area contributed by atoms with Crippen LogP contribution in [-0.2, 0) is 14.8 Å². The molecule has 0 unspecified atom stereocenters. The van der Waals surface area contributed by atoms with E-state index in [1.54, 1.807) is 18.9 Å². The molecule has 0 radical (unpaired) electrons. The Morgan fingerprint density at radius 1 is 1.48 bits per heavy atom. The molecule has 0 spiro atoms. The number of rotatable bonds is 5. The summed E-state index contributed by atoms with van der Waals surface area (Å²) < 4.78 is 22.8. The molecule has 9 heteroatoms. The van der Waals surface area contributed by atoms with Crippen molar-refractivity contribution in [2.45, 2.75) is 24.7 Å². The molecule has 0 aromatic carbocycles. The van der Waals surface area contributed by atoms with E-state index < -0.39 is 10.0 Å². The first-order valence-electron chi connectivity index (χ1n) is 7.23. The lowest BCUT2D eigenvalue weighted by molar-refractivity contribution is -0.127. The molecule has 8 nitrogen and oxygen atoms in total. The number of nitrogens with zero attached hydrogens (tertiary/aromatic N) is 3. The van der Waals surface area contributed by atoms with Gasteiger partial charge in [-0.15, -0.1) is 0 Å². The third-order valence-electron chi connectivity index (χ3n) is 3.84. The number of pyridine rings is 1. The Labute approximate surface area is 135 Å². The maximum absolute atomic E-state index is 12.5. The SMILES string of the molecule is Cc1ncc(S(N)(=O)=O)cc1C(=O)N(C)CCN1CCCC1=O. The Balaban J connectivity index is 2.11. The van der Waals surface area contributed by atoms with Gasteiger partial charge in [-0.1, -0.05) is 0 Å². The zero-order valence-electron chi connectivity index (χ0n) is 13.2. The monoisotopic (exact) mass is 340 g/mol. The predicted molar refractivity (Wildman–Crippen MR) is 83.1 cm³/mol. The standard InChI is InChI=1S/C14H20N4O4S/c1-10-12(8-11(9-16-10)23(15,21)22)14(20)17(2)6-7-18-5-3-4-13(18)19/h8-9H,3-7H2,1-2H3,(H2,15,21,22). The van der Waals surface area contributed by atoms with E-state index in [-0.39, 0.29) is 22.3 Å². The van der Waals surface area contributed by atoms with Gasteiger partial charge in [0.1, 0.15) is 4.90 Å². The number of sulfonamides is 1. The maximum Gasteiger partial charge on any atom is 0.255 e. The maximum atomic E-state index is 12.5. The number of amides is 2. The second kappa shape index (κ2) is 6.63. The van der Waals surface area contributed by atoms with Gasteiger partial charge in [0.15, 0.2) is 0 Å². The molecule has 126 valence electrons. The predicted octanol–water partition coefficient (Wildman–Crippen LogP) is -0.268. The minimum absolute atomic E-state index is 0.0971. The Bertz CT molecular complexity index is 732. The molecular weight excluding hydrogens is 320 g/mol. The van der Waals surface area contributed by atoms with Crippen LogP contribution in [0.5, 0.6) is 0 Å². The van der Waals surface area contributed by atoms with Crippen molar-refractivity contribution in [1.29, 1.82) is 0 Å². The van der Waals surface area contributed by atoms with Crippen LogP contribution in [0.2, 0.25) is 0 Å². The van der Waals surface area contributed by atoms with Crippen LogP contribution in [0.1, 0.15) is 28.9 Å². The quantitative estimate of drug-likeness (QED) is 0.793. The molecule has 2 rings (SSSR count). The van der Waals surface area contributed by atoms with Crippen LogP contribution in [0.25, 0.3) is 0 Å². The zero-order valence-corrected chi connectivity index (χ0v) is 14.0. The highest BCUT2D eigenvalue weighted by Gasteiger charge is 2.22. The smallest absolute Gasteiger partial charge is 0.255 e. The highest BCUT2D eigenvalue weighted by Crippen LogP contribution is 2.14. The van der Waals surface area contributed by atoms with Crippen LogP contribution in [0, 0.1) is 6.92 Å². The van der Waals surface area contributed by atoms with Crippen molar-refractivity contribution in [2.75, 3.05) is 26.7 Å². The zero-order chi connectivity index (χ0) is 17.2. The van der Waals surface area contributed by atoms with Crippen LogP contribution in [-0.4, -0.2) is 61.7 Å². The molecule has 0 atom stereocenters. The number of hydrogen-bond donors (Lipinski definition) is 1. The number of carbonyl (C=O) groups excluding carboxylic acids is 2. The van der Waals surface area contributed by atoms with Gasteiger partial charge >= 0.3 is 0 Å². The fraction of sp³-hybridized carbons (Fsp3) is 0.500. The number of likely N-dealkylation sites (tertiary alicyclic amines) is 1. The number of carbonyl (C=O) groups is 2. The van der Waals surface area contributed by atoms with E-state index >= 15 is 0 Å². The summed E-state index contributed by atoms with van der Waals surface area (Å²) in [5.74, 6) is -0.257. The molecule has 1 fully saturated rings. The van der Waals surface area contributed by atoms with E-state index in [9.17, 15) is 18.0 Å². The van der Waals surface area contributed by atoms with Gasteiger partial charge in [0, 0.05) is 39.3 Å². The van der Waals surface area contributed by atoms with Crippen LogP contribution in [0.4, 0.5) is 0 Å². The van der Waals surface area contributed by atoms with Crippen LogP contribution in [0.15, 0.2) is 17.2 Å². The summed E-state index contributed by atoms with van der Waals surface area (Å²) in [5, 5.41) is 5.07. The molecule has 1 aliphatic rings. The second-order valence-corrected chi connectivity index (χ2v) is 7.12. The Morgan fingerprint density at radius 3 is 2.74 bits per heavy atom. The van der Waals surface area contributed by atoms with Gasteiger partial charge in [0.25, 0.3) is 5.91 Å². The van der Waals surface area contributed by atoms with Gasteiger partial charge in [-0.3, -0.25) is 14.6 Å². The van der Waals surface area contributed by atoms with Crippen molar-refractivity contribution >= 4 is 21.8 Å². The molecule has 1 aromatic heterocycles. The van der Waals surface area contributed by atoms with E-state index in [2.05, 4.69) is 4.98 Å². The first kappa shape index (κ1) is 17.4. The summed E-state index contributed by atoms with van der Waals surface area (Å²) in [4.78, 5) is 30.9. The van der Waals surface area contributed by atoms with Gasteiger partial charge in [0.05, 0.1) is 11.3 Å². The third-order valence-corrected chi connectivity index (χ3v) is 4.72. The molecule has 1 aromatic rings. The van der Waals surface area contributed by atoms with Gasteiger partial charge in [-0.25, -0.2) is 13.6 Å². The highest BCUT2D eigenvalue weighted by molar-refractivity contribution is 7.89. The normalized spacial score (nSPS) is 15.1. The Morgan fingerprint density at radius 2 is 2.17 bits per heavy atom. The fourth-order valence-corrected chi connectivity index (χ4v) is 2.89. The average molecular weight is 340 g/mol. The van der Waals surface area contributed by atoms with Crippen molar-refractivity contribution < 1.29 is 18.0 Å². The first-order chi connectivity index (χ1) is 10.7. The van der Waals surface area contributed by atoms with Gasteiger partial charge in [-0.2, -0.15) is 0 Å². The van der Waals surface area contributed by atoms with E-state index in [0.717, 1.165) is 12.6 Å². The molecule has 2 N–H and O–H groups in total. The summed E-state index contributed by atoms with van der Waals surface area (Å²) in [6.45, 7) is 3.16. The van der Waals surface area contributed by atoms with Gasteiger partial charge in [-0.05, 0) is 19.4 Å². The van der Waals surface area contributed by atoms with E-state index in [4.69, 9.17) is 5.14 Å². The van der Waals surface area contributed by atoms with Gasteiger partial charge < -0.3 is 9.80 Å². The minimum Gasteiger partial charge on any atom is -0.341 e. The average Bonchev–Trinajstić information content (AvgIpc) is 2.88. The number of hydrogen-bond acceptors (Lipinski definition) is 5. The van der Waals surface area contributed by atoms with E-state index in [0.29, 0.717) is 31.7 Å². The van der Waals surface area contributed by atoms with Crippen molar-refractivity contribution in [2.24, 2.45) is 5.14 Å². The summed E-state index contributed by atoms with van der Waals surface area (Å²) >= 11 is 0. The highest BCUT2D eigenvalue weighted by atomic mass is 32.2. The topological polar surface area (TPSA) is 114 Å². The molecule has 0 aliphatic carbocycles. The molecule has 23 heavy (non-hydrogen) atoms. The summed E-state index contributed by atoms with van der Waals surface area (Å²) in [5.41, 5.74) is 0.610. The van der Waals surface area contributed by atoms with Crippen LogP contribution >= 0.6 is 0 Å². The largest absolute Gasteiger partial charge is 0.341 e. The van der Waals surface area contributed by atoms with Crippen molar-refractivity contribution in [3.05, 3.63) is 23.5 Å². The second-order valence-electron chi connectivity index (χ2n) is 5.56. The molecule has 1 saturated heterocycles. The molecule has 2 amide bonds. The lowest BCUT2D eigenvalue weighted by Gasteiger charge is -2.22. The van der Waals surface area contributed by atoms with Crippen LogP contribution < -0.4 is 5.14 Å². The lowest BCUT2D eigenvalue weighted by atomic mass is 10.2. The van der Waals surface area contributed by atoms with E-state index in [1.807, 2.05) is 0 Å². The molecule has 0 bridgehead atoms. The minimum atomic E-state index is -3.92. The number of aryl methyl sites for hydroxylation is 1. The molecule has 1 aliphatic heterocycles. The molecule has 0 saturated carbocycles. The van der Waals surface area contributed by atoms with E-state index in [1.165, 1.54) is 11.0 Å². The van der Waals surface area contributed by atoms with Crippen molar-refractivity contribution in [1.82, 2.24) is 14.8 Å². The number of nitrogens with two attached hydrogens (primary N) is 1. The first-order valence-corrected chi connectivity index (χ1v) is 8.77. The number of aromatic nitrogens is 1. The third kappa shape index (κ3) is 4.05. The number of likely N-dealkylation sites (N-methyl/N-ethyl adjacent to an activating group) is 1. The van der Waals surface area contributed by atoms with Crippen molar-refractivity contribution in [3.63, 3.8) is 0 Å². The fourth-order valence-electron chi connectivity index (χ4n) is 2.40. The Kier molecular flexibility index (Phi) is 5.00. The summed E-state index contributed by atoms with van der Waals surface area (Å²) in [6.07, 6.45) is 2.53. The lowest BCUT2D eigenvalue weighted by Crippen LogP contribution is -2.37. The summed E-state index contributed by atoms with van der Waals surface area (Å²) in [7, 11) is -2.32. The number of primary sulfonamides is 1. The van der Waals surface area contributed by atoms with Crippen LogP contribution in [0.3, 0.4) is 0 Å². The van der Waals surface area contributed by atoms with Crippen molar-refractivity contribution in [3.8, 4) is 0 Å².